The maximum atomic E-state index is 12.0. The number of fused-ring (bicyclic) bond motifs is 1. The zero-order valence-electron chi connectivity index (χ0n) is 10.6. The molecule has 0 aliphatic rings. The van der Waals surface area contributed by atoms with E-state index < -0.39 is 16.9 Å². The molecule has 106 valence electrons. The first-order chi connectivity index (χ1) is 9.95. The third-order valence-electron chi connectivity index (χ3n) is 3.07. The second kappa shape index (κ2) is 4.45. The third kappa shape index (κ3) is 2.12. The summed E-state index contributed by atoms with van der Waals surface area (Å²) in [5, 5.41) is 38.0. The lowest BCUT2D eigenvalue weighted by Crippen LogP contribution is -2.00. The molecule has 0 bridgehead atoms. The van der Waals surface area contributed by atoms with Gasteiger partial charge in [-0.3, -0.25) is 4.79 Å². The summed E-state index contributed by atoms with van der Waals surface area (Å²) in [6, 6.07) is 7.24. The van der Waals surface area contributed by atoms with Gasteiger partial charge in [0.05, 0.1) is 10.9 Å². The average Bonchev–Trinajstić information content (AvgIpc) is 2.41. The van der Waals surface area contributed by atoms with Crippen LogP contribution in [0.4, 0.5) is 0 Å². The molecule has 0 radical (unpaired) electrons. The number of hydrogen-bond acceptors (Lipinski definition) is 6. The Morgan fingerprint density at radius 2 is 1.52 bits per heavy atom. The average molecular weight is 286 g/mol. The van der Waals surface area contributed by atoms with Gasteiger partial charge < -0.3 is 24.8 Å². The summed E-state index contributed by atoms with van der Waals surface area (Å²) in [5.74, 6) is -1.13. The standard InChI is InChI=1S/C15H10O6/c16-7-1-2-8(10(17)3-7)14-5-11(18)9-4-12(19)13(20)6-15(9)21-14/h1-6,16-17,19-20H. The molecule has 3 aromatic rings. The first-order valence-corrected chi connectivity index (χ1v) is 5.98. The van der Waals surface area contributed by atoms with Crippen LogP contribution in [0.2, 0.25) is 0 Å². The van der Waals surface area contributed by atoms with Gasteiger partial charge in [0, 0.05) is 18.2 Å². The molecule has 2 aromatic carbocycles. The van der Waals surface area contributed by atoms with Crippen LogP contribution in [0.1, 0.15) is 0 Å². The summed E-state index contributed by atoms with van der Waals surface area (Å²) >= 11 is 0. The van der Waals surface area contributed by atoms with Crippen LogP contribution in [0, 0.1) is 0 Å². The van der Waals surface area contributed by atoms with Crippen LogP contribution < -0.4 is 5.43 Å². The fourth-order valence-electron chi connectivity index (χ4n) is 2.04. The smallest absolute Gasteiger partial charge is 0.193 e. The van der Waals surface area contributed by atoms with E-state index in [9.17, 15) is 25.2 Å². The van der Waals surface area contributed by atoms with E-state index in [1.165, 1.54) is 12.1 Å². The number of phenols is 4. The highest BCUT2D eigenvalue weighted by Crippen LogP contribution is 2.34. The largest absolute Gasteiger partial charge is 0.508 e. The molecule has 0 spiro atoms. The molecule has 21 heavy (non-hydrogen) atoms. The minimum atomic E-state index is -0.436. The number of rotatable bonds is 1. The van der Waals surface area contributed by atoms with Gasteiger partial charge in [0.15, 0.2) is 16.9 Å². The number of benzene rings is 2. The molecule has 4 N–H and O–H groups in total. The van der Waals surface area contributed by atoms with Gasteiger partial charge in [0.25, 0.3) is 0 Å². The van der Waals surface area contributed by atoms with E-state index >= 15 is 0 Å². The van der Waals surface area contributed by atoms with Gasteiger partial charge in [0.2, 0.25) is 0 Å². The molecule has 0 unspecified atom stereocenters. The highest BCUT2D eigenvalue weighted by molar-refractivity contribution is 5.82. The molecule has 0 saturated heterocycles. The molecule has 0 saturated carbocycles. The Morgan fingerprint density at radius 3 is 2.24 bits per heavy atom. The topological polar surface area (TPSA) is 111 Å². The van der Waals surface area contributed by atoms with Gasteiger partial charge in [-0.25, -0.2) is 0 Å². The highest BCUT2D eigenvalue weighted by atomic mass is 16.3. The molecule has 1 heterocycles. The van der Waals surface area contributed by atoms with E-state index in [1.807, 2.05) is 0 Å². The van der Waals surface area contributed by atoms with Crippen molar-refractivity contribution in [2.75, 3.05) is 0 Å². The van der Waals surface area contributed by atoms with Crippen molar-refractivity contribution in [2.45, 2.75) is 0 Å². The van der Waals surface area contributed by atoms with Gasteiger partial charge in [-0.2, -0.15) is 0 Å². The molecule has 0 aliphatic carbocycles. The van der Waals surface area contributed by atoms with Crippen LogP contribution in [-0.4, -0.2) is 20.4 Å². The molecule has 1 aromatic heterocycles. The zero-order valence-corrected chi connectivity index (χ0v) is 10.6. The molecule has 0 aliphatic heterocycles. The summed E-state index contributed by atoms with van der Waals surface area (Å²) < 4.78 is 5.47. The van der Waals surface area contributed by atoms with Crippen molar-refractivity contribution in [3.8, 4) is 34.3 Å². The van der Waals surface area contributed by atoms with Crippen LogP contribution >= 0.6 is 0 Å². The molecule has 0 atom stereocenters. The second-order valence-corrected chi connectivity index (χ2v) is 4.51. The van der Waals surface area contributed by atoms with Gasteiger partial charge in [-0.1, -0.05) is 0 Å². The van der Waals surface area contributed by atoms with Crippen molar-refractivity contribution in [1.82, 2.24) is 0 Å². The van der Waals surface area contributed by atoms with Crippen molar-refractivity contribution in [2.24, 2.45) is 0 Å². The Balaban J connectivity index is 2.30. The van der Waals surface area contributed by atoms with Crippen molar-refractivity contribution in [1.29, 1.82) is 0 Å². The molecule has 0 fully saturated rings. The Bertz CT molecular complexity index is 910. The second-order valence-electron chi connectivity index (χ2n) is 4.51. The summed E-state index contributed by atoms with van der Waals surface area (Å²) in [6.45, 7) is 0. The van der Waals surface area contributed by atoms with Crippen LogP contribution in [0.5, 0.6) is 23.0 Å². The first-order valence-electron chi connectivity index (χ1n) is 5.98. The SMILES string of the molecule is O=c1cc(-c2ccc(O)cc2O)oc2cc(O)c(O)cc12. The Kier molecular flexibility index (Phi) is 2.72. The number of phenolic OH excluding ortho intramolecular Hbond substituents is 4. The van der Waals surface area contributed by atoms with Crippen molar-refractivity contribution in [3.63, 3.8) is 0 Å². The lowest BCUT2D eigenvalue weighted by atomic mass is 10.1. The number of hydrogen-bond donors (Lipinski definition) is 4. The molecule has 6 heteroatoms. The lowest BCUT2D eigenvalue weighted by Gasteiger charge is -2.06. The molecule has 0 amide bonds. The van der Waals surface area contributed by atoms with E-state index in [2.05, 4.69) is 0 Å². The number of aromatic hydroxyl groups is 4. The monoisotopic (exact) mass is 286 g/mol. The Hall–Kier alpha value is -3.15. The van der Waals surface area contributed by atoms with Gasteiger partial charge in [-0.15, -0.1) is 0 Å². The van der Waals surface area contributed by atoms with Crippen molar-refractivity contribution >= 4 is 11.0 Å². The van der Waals surface area contributed by atoms with Gasteiger partial charge in [0.1, 0.15) is 22.8 Å². The predicted octanol–water partition coefficient (Wildman–Crippen LogP) is 2.28. The summed E-state index contributed by atoms with van der Waals surface area (Å²) in [5.41, 5.74) is -0.145. The molecule has 6 nitrogen and oxygen atoms in total. The third-order valence-corrected chi connectivity index (χ3v) is 3.07. The van der Waals surface area contributed by atoms with Crippen molar-refractivity contribution in [3.05, 3.63) is 46.6 Å². The molecular formula is C15H10O6. The molecule has 3 rings (SSSR count). The van der Waals surface area contributed by atoms with E-state index in [1.54, 1.807) is 0 Å². The van der Waals surface area contributed by atoms with Crippen LogP contribution in [-0.2, 0) is 0 Å². The molecular weight excluding hydrogens is 276 g/mol. The van der Waals surface area contributed by atoms with E-state index in [-0.39, 0.29) is 33.8 Å². The lowest BCUT2D eigenvalue weighted by molar-refractivity contribution is 0.403. The highest BCUT2D eigenvalue weighted by Gasteiger charge is 2.13. The van der Waals surface area contributed by atoms with Crippen LogP contribution in [0.15, 0.2) is 45.6 Å². The Morgan fingerprint density at radius 1 is 0.810 bits per heavy atom. The minimum absolute atomic E-state index is 0.0697. The van der Waals surface area contributed by atoms with E-state index in [0.29, 0.717) is 0 Å². The summed E-state index contributed by atoms with van der Waals surface area (Å²) in [7, 11) is 0. The normalized spacial score (nSPS) is 10.9. The maximum Gasteiger partial charge on any atom is 0.193 e. The van der Waals surface area contributed by atoms with Crippen LogP contribution in [0.3, 0.4) is 0 Å². The maximum absolute atomic E-state index is 12.0. The fourth-order valence-corrected chi connectivity index (χ4v) is 2.04. The summed E-state index contributed by atoms with van der Waals surface area (Å²) in [6.07, 6.45) is 0. The van der Waals surface area contributed by atoms with Crippen molar-refractivity contribution < 1.29 is 24.8 Å². The summed E-state index contributed by atoms with van der Waals surface area (Å²) in [4.78, 5) is 12.0. The van der Waals surface area contributed by atoms with Crippen LogP contribution in [0.25, 0.3) is 22.3 Å². The minimum Gasteiger partial charge on any atom is -0.508 e. The van der Waals surface area contributed by atoms with Gasteiger partial charge >= 0.3 is 0 Å². The quantitative estimate of drug-likeness (QED) is 0.511. The van der Waals surface area contributed by atoms with E-state index in [0.717, 1.165) is 24.3 Å². The fraction of sp³-hybridized carbons (Fsp3) is 0. The Labute approximate surface area is 117 Å². The zero-order chi connectivity index (χ0) is 15.1. The first kappa shape index (κ1) is 12.9. The van der Waals surface area contributed by atoms with E-state index in [4.69, 9.17) is 4.42 Å². The predicted molar refractivity (Wildman–Crippen MR) is 74.6 cm³/mol. The van der Waals surface area contributed by atoms with Gasteiger partial charge in [-0.05, 0) is 18.2 Å².